The highest BCUT2D eigenvalue weighted by Crippen LogP contribution is 2.37. The number of β-amino-alcohol motifs (C(OH)–C–C–N with tert-alkyl or cyclic N) is 1. The summed E-state index contributed by atoms with van der Waals surface area (Å²) in [7, 11) is 3.16. The number of rotatable bonds is 11. The first-order chi connectivity index (χ1) is 21.0. The number of fused-ring (bicyclic) bond motifs is 1. The number of amides is 2. The van der Waals surface area contributed by atoms with Gasteiger partial charge in [0, 0.05) is 56.2 Å². The third-order valence-electron chi connectivity index (χ3n) is 7.58. The van der Waals surface area contributed by atoms with Crippen LogP contribution < -0.4 is 20.1 Å². The van der Waals surface area contributed by atoms with E-state index in [0.717, 1.165) is 37.9 Å². The van der Waals surface area contributed by atoms with Crippen LogP contribution in [-0.2, 0) is 4.74 Å². The number of aliphatic hydroxyl groups is 1. The summed E-state index contributed by atoms with van der Waals surface area (Å²) in [6.45, 7) is 3.51. The minimum atomic E-state index is -0.269. The van der Waals surface area contributed by atoms with Crippen LogP contribution in [0.3, 0.4) is 0 Å². The van der Waals surface area contributed by atoms with Gasteiger partial charge < -0.3 is 34.9 Å². The molecule has 4 aromatic rings. The van der Waals surface area contributed by atoms with E-state index in [1.54, 1.807) is 50.8 Å². The zero-order valence-electron chi connectivity index (χ0n) is 24.8. The van der Waals surface area contributed by atoms with Gasteiger partial charge in [-0.3, -0.25) is 9.36 Å². The van der Waals surface area contributed by atoms with Crippen LogP contribution in [-0.4, -0.2) is 85.1 Å². The number of halogens is 1. The van der Waals surface area contributed by atoms with Crippen LogP contribution in [0, 0.1) is 0 Å². The molecule has 0 bridgehead atoms. The van der Waals surface area contributed by atoms with Crippen molar-refractivity contribution in [1.29, 1.82) is 0 Å². The fraction of sp³-hybridized carbons (Fsp3) is 0.344. The van der Waals surface area contributed by atoms with Gasteiger partial charge in [0.2, 0.25) is 0 Å². The number of carbonyl (C=O) groups is 2. The van der Waals surface area contributed by atoms with Crippen molar-refractivity contribution in [3.63, 3.8) is 0 Å². The number of hydrogen-bond donors (Lipinski definition) is 3. The van der Waals surface area contributed by atoms with E-state index in [2.05, 4.69) is 20.5 Å². The average molecular weight is 669 g/mol. The average Bonchev–Trinajstić information content (AvgIpc) is 3.44. The van der Waals surface area contributed by atoms with E-state index in [9.17, 15) is 9.59 Å². The molecule has 3 heterocycles. The second kappa shape index (κ2) is 15.7. The third kappa shape index (κ3) is 7.94. The highest BCUT2D eigenvalue weighted by molar-refractivity contribution is 8.93. The fourth-order valence-corrected chi connectivity index (χ4v) is 5.26. The molecule has 0 saturated carbocycles. The van der Waals surface area contributed by atoms with Gasteiger partial charge in [0.15, 0.2) is 11.5 Å². The number of benzene rings is 2. The van der Waals surface area contributed by atoms with Crippen molar-refractivity contribution in [1.82, 2.24) is 19.8 Å². The lowest BCUT2D eigenvalue weighted by Gasteiger charge is -2.31. The molecule has 44 heavy (non-hydrogen) atoms. The van der Waals surface area contributed by atoms with E-state index in [-0.39, 0.29) is 35.5 Å². The molecule has 2 aromatic carbocycles. The predicted molar refractivity (Wildman–Crippen MR) is 174 cm³/mol. The van der Waals surface area contributed by atoms with Crippen LogP contribution in [0.4, 0.5) is 10.6 Å². The second-order valence-electron chi connectivity index (χ2n) is 10.3. The largest absolute Gasteiger partial charge is 0.487 e. The van der Waals surface area contributed by atoms with Gasteiger partial charge in [-0.05, 0) is 67.7 Å². The SMILES string of the molecule is Br.CNC(=O)n1ccc2cc(Oc3ccnc(NC(=O)c4ccc(C5CCN(CCO)CC5)cc4)c3)c(OCCOC)cc21. The van der Waals surface area contributed by atoms with Gasteiger partial charge in [-0.1, -0.05) is 12.1 Å². The van der Waals surface area contributed by atoms with Crippen molar-refractivity contribution in [3.8, 4) is 17.2 Å². The summed E-state index contributed by atoms with van der Waals surface area (Å²) in [5.74, 6) is 1.86. The van der Waals surface area contributed by atoms with Crippen LogP contribution in [0.2, 0.25) is 0 Å². The van der Waals surface area contributed by atoms with E-state index < -0.39 is 0 Å². The molecular weight excluding hydrogens is 630 g/mol. The maximum absolute atomic E-state index is 13.0. The maximum atomic E-state index is 13.0. The number of piperidine rings is 1. The topological polar surface area (TPSA) is 127 Å². The Morgan fingerprint density at radius 3 is 2.50 bits per heavy atom. The van der Waals surface area contributed by atoms with Crippen molar-refractivity contribution in [2.45, 2.75) is 18.8 Å². The highest BCUT2D eigenvalue weighted by Gasteiger charge is 2.21. The summed E-state index contributed by atoms with van der Waals surface area (Å²) < 4.78 is 18.7. The summed E-state index contributed by atoms with van der Waals surface area (Å²) >= 11 is 0. The first kappa shape index (κ1) is 32.9. The Labute approximate surface area is 266 Å². The Kier molecular flexibility index (Phi) is 11.7. The molecule has 0 spiro atoms. The van der Waals surface area contributed by atoms with Crippen LogP contribution in [0.25, 0.3) is 10.9 Å². The molecule has 11 nitrogen and oxygen atoms in total. The fourth-order valence-electron chi connectivity index (χ4n) is 5.26. The highest BCUT2D eigenvalue weighted by atomic mass is 79.9. The third-order valence-corrected chi connectivity index (χ3v) is 7.58. The van der Waals surface area contributed by atoms with E-state index in [0.29, 0.717) is 53.3 Å². The smallest absolute Gasteiger partial charge is 0.325 e. The molecule has 2 amide bonds. The van der Waals surface area contributed by atoms with Gasteiger partial charge in [0.25, 0.3) is 5.91 Å². The summed E-state index contributed by atoms with van der Waals surface area (Å²) in [6.07, 6.45) is 5.31. The Hall–Kier alpha value is -3.97. The molecule has 0 radical (unpaired) electrons. The van der Waals surface area contributed by atoms with Gasteiger partial charge in [0.1, 0.15) is 18.2 Å². The van der Waals surface area contributed by atoms with Gasteiger partial charge >= 0.3 is 6.03 Å². The zero-order valence-corrected chi connectivity index (χ0v) is 26.5. The van der Waals surface area contributed by atoms with Crippen LogP contribution in [0.15, 0.2) is 67.0 Å². The number of methoxy groups -OCH3 is 1. The van der Waals surface area contributed by atoms with E-state index in [1.807, 2.05) is 30.3 Å². The molecule has 5 rings (SSSR count). The van der Waals surface area contributed by atoms with E-state index >= 15 is 0 Å². The minimum Gasteiger partial charge on any atom is -0.487 e. The van der Waals surface area contributed by atoms with Gasteiger partial charge in [-0.25, -0.2) is 9.78 Å². The Balaban J connectivity index is 0.00000442. The number of likely N-dealkylation sites (tertiary alicyclic amines) is 1. The Morgan fingerprint density at radius 2 is 1.80 bits per heavy atom. The van der Waals surface area contributed by atoms with Gasteiger partial charge in [0.05, 0.1) is 18.7 Å². The Morgan fingerprint density at radius 1 is 1.02 bits per heavy atom. The van der Waals surface area contributed by atoms with Gasteiger partial charge in [-0.2, -0.15) is 0 Å². The molecule has 1 aliphatic heterocycles. The molecule has 0 aliphatic carbocycles. The molecule has 0 unspecified atom stereocenters. The number of ether oxygens (including phenoxy) is 3. The van der Waals surface area contributed by atoms with Crippen LogP contribution in [0.1, 0.15) is 34.7 Å². The van der Waals surface area contributed by atoms with Crippen molar-refractivity contribution in [3.05, 3.63) is 78.1 Å². The number of aliphatic hydroxyl groups excluding tert-OH is 1. The van der Waals surface area contributed by atoms with Crippen molar-refractivity contribution >= 4 is 45.6 Å². The quantitative estimate of drug-likeness (QED) is 0.190. The lowest BCUT2D eigenvalue weighted by molar-refractivity contribution is 0.102. The van der Waals surface area contributed by atoms with Crippen LogP contribution in [0.5, 0.6) is 17.2 Å². The standard InChI is InChI=1S/C32H37N5O6.BrH/c1-33-32(40)37-14-10-25-19-29(28(21-27(25)37)42-18-17-41-2)43-26-7-11-34-30(20-26)35-31(39)24-5-3-22(4-6-24)23-8-12-36(13-9-23)15-16-38;/h3-7,10-11,14,19-21,23,38H,8-9,12-13,15-18H2,1-2H3,(H,33,40)(H,34,35,39);1H. The normalized spacial score (nSPS) is 13.7. The summed E-state index contributed by atoms with van der Waals surface area (Å²) in [6, 6.07) is 16.2. The first-order valence-electron chi connectivity index (χ1n) is 14.4. The van der Waals surface area contributed by atoms with Crippen molar-refractivity contribution < 1.29 is 28.9 Å². The van der Waals surface area contributed by atoms with Gasteiger partial charge in [-0.15, -0.1) is 17.0 Å². The predicted octanol–water partition coefficient (Wildman–Crippen LogP) is 5.04. The number of nitrogens with one attached hydrogen (secondary N) is 2. The summed E-state index contributed by atoms with van der Waals surface area (Å²) in [4.78, 5) is 31.9. The number of aromatic nitrogens is 2. The number of pyridine rings is 1. The number of carbonyl (C=O) groups excluding carboxylic acids is 2. The molecule has 1 saturated heterocycles. The molecule has 1 fully saturated rings. The number of anilines is 1. The molecule has 2 aromatic heterocycles. The minimum absolute atomic E-state index is 0. The van der Waals surface area contributed by atoms with Crippen molar-refractivity contribution in [2.24, 2.45) is 0 Å². The molecule has 12 heteroatoms. The summed E-state index contributed by atoms with van der Waals surface area (Å²) in [5.41, 5.74) is 2.43. The maximum Gasteiger partial charge on any atom is 0.325 e. The molecule has 234 valence electrons. The molecular formula is C32H38BrN5O6. The molecule has 1 aliphatic rings. The molecule has 0 atom stereocenters. The number of nitrogens with zero attached hydrogens (tertiary/aromatic N) is 3. The first-order valence-corrected chi connectivity index (χ1v) is 14.4. The van der Waals surface area contributed by atoms with E-state index in [4.69, 9.17) is 19.3 Å². The second-order valence-corrected chi connectivity index (χ2v) is 10.3. The summed E-state index contributed by atoms with van der Waals surface area (Å²) in [5, 5.41) is 15.4. The Bertz CT molecular complexity index is 1550. The number of hydrogen-bond acceptors (Lipinski definition) is 8. The van der Waals surface area contributed by atoms with E-state index in [1.165, 1.54) is 10.1 Å². The lowest BCUT2D eigenvalue weighted by atomic mass is 9.89. The van der Waals surface area contributed by atoms with Crippen molar-refractivity contribution in [2.75, 3.05) is 58.9 Å². The van der Waals surface area contributed by atoms with Crippen LogP contribution >= 0.6 is 17.0 Å². The molecule has 3 N–H and O–H groups in total. The lowest BCUT2D eigenvalue weighted by Crippen LogP contribution is -2.34. The monoisotopic (exact) mass is 667 g/mol. The zero-order chi connectivity index (χ0) is 30.2.